The van der Waals surface area contributed by atoms with Crippen molar-refractivity contribution in [2.24, 2.45) is 0 Å². The van der Waals surface area contributed by atoms with Crippen molar-refractivity contribution in [3.8, 4) is 6.07 Å². The van der Waals surface area contributed by atoms with E-state index in [1.165, 1.54) is 0 Å². The Balaban J connectivity index is 2.99. The minimum Gasteiger partial charge on any atom is -0.356 e. The highest BCUT2D eigenvalue weighted by molar-refractivity contribution is 5.97. The van der Waals surface area contributed by atoms with Crippen molar-refractivity contribution in [1.82, 2.24) is 4.98 Å². The van der Waals surface area contributed by atoms with Gasteiger partial charge in [0.15, 0.2) is 5.78 Å². The molecule has 0 radical (unpaired) electrons. The van der Waals surface area contributed by atoms with Crippen molar-refractivity contribution in [3.05, 3.63) is 23.0 Å². The fraction of sp³-hybridized carbons (Fsp3) is 0.400. The maximum Gasteiger partial charge on any atom is 0.193 e. The second-order valence-corrected chi connectivity index (χ2v) is 2.96. The molecule has 0 saturated heterocycles. The molecule has 0 aliphatic carbocycles. The lowest BCUT2D eigenvalue weighted by molar-refractivity contribution is 0.0992. The van der Waals surface area contributed by atoms with E-state index in [1.54, 1.807) is 0 Å². The molecule has 0 aromatic carbocycles. The highest BCUT2D eigenvalue weighted by Crippen LogP contribution is 2.12. The Bertz CT molecular complexity index is 357. The summed E-state index contributed by atoms with van der Waals surface area (Å²) in [7, 11) is 0. The van der Waals surface area contributed by atoms with Crippen LogP contribution in [0.15, 0.2) is 6.07 Å². The fourth-order valence-electron chi connectivity index (χ4n) is 1.33. The van der Waals surface area contributed by atoms with Crippen LogP contribution in [0.3, 0.4) is 0 Å². The Kier molecular flexibility index (Phi) is 2.86. The van der Waals surface area contributed by atoms with Gasteiger partial charge >= 0.3 is 0 Å². The van der Waals surface area contributed by atoms with Crippen LogP contribution in [0.25, 0.3) is 0 Å². The van der Waals surface area contributed by atoms with Crippen molar-refractivity contribution < 1.29 is 4.79 Å². The van der Waals surface area contributed by atoms with Crippen molar-refractivity contribution in [2.75, 3.05) is 0 Å². The van der Waals surface area contributed by atoms with Gasteiger partial charge in [-0.25, -0.2) is 0 Å². The Labute approximate surface area is 77.4 Å². The van der Waals surface area contributed by atoms with E-state index in [9.17, 15) is 4.79 Å². The second kappa shape index (κ2) is 3.90. The zero-order valence-corrected chi connectivity index (χ0v) is 7.85. The number of nitriles is 1. The molecule has 0 fully saturated rings. The van der Waals surface area contributed by atoms with Gasteiger partial charge in [0.1, 0.15) is 6.42 Å². The van der Waals surface area contributed by atoms with Gasteiger partial charge in [-0.15, -0.1) is 0 Å². The van der Waals surface area contributed by atoms with Crippen LogP contribution in [0.4, 0.5) is 0 Å². The summed E-state index contributed by atoms with van der Waals surface area (Å²) in [5.74, 6) is -0.118. The molecule has 0 bridgehead atoms. The highest BCUT2D eigenvalue weighted by Gasteiger charge is 2.12. The summed E-state index contributed by atoms with van der Waals surface area (Å²) in [6, 6.07) is 3.81. The van der Waals surface area contributed by atoms with Crippen LogP contribution in [0.5, 0.6) is 0 Å². The van der Waals surface area contributed by atoms with Gasteiger partial charge in [-0.1, -0.05) is 6.92 Å². The molecule has 3 heteroatoms. The summed E-state index contributed by atoms with van der Waals surface area (Å²) in [5, 5.41) is 8.38. The first-order valence-corrected chi connectivity index (χ1v) is 4.27. The molecule has 0 saturated carbocycles. The molecule has 0 amide bonds. The van der Waals surface area contributed by atoms with Crippen molar-refractivity contribution >= 4 is 5.78 Å². The normalized spacial score (nSPS) is 9.62. The number of hydrogen-bond acceptors (Lipinski definition) is 2. The molecule has 1 aromatic rings. The van der Waals surface area contributed by atoms with Crippen LogP contribution in [0, 0.1) is 18.3 Å². The Hall–Kier alpha value is -1.56. The summed E-state index contributed by atoms with van der Waals surface area (Å²) in [5.41, 5.74) is 2.57. The van der Waals surface area contributed by atoms with E-state index in [0.29, 0.717) is 5.69 Å². The van der Waals surface area contributed by atoms with E-state index in [1.807, 2.05) is 26.0 Å². The average Bonchev–Trinajstić information content (AvgIpc) is 2.47. The molecule has 1 aromatic heterocycles. The predicted molar refractivity (Wildman–Crippen MR) is 49.5 cm³/mol. The number of H-pyrrole nitrogens is 1. The Morgan fingerprint density at radius 2 is 2.38 bits per heavy atom. The fourth-order valence-corrected chi connectivity index (χ4v) is 1.33. The highest BCUT2D eigenvalue weighted by atomic mass is 16.1. The van der Waals surface area contributed by atoms with Gasteiger partial charge in [0.05, 0.1) is 11.8 Å². The van der Waals surface area contributed by atoms with E-state index in [4.69, 9.17) is 5.26 Å². The molecule has 0 spiro atoms. The molecule has 13 heavy (non-hydrogen) atoms. The quantitative estimate of drug-likeness (QED) is 0.716. The summed E-state index contributed by atoms with van der Waals surface area (Å²) in [6.07, 6.45) is 0.768. The van der Waals surface area contributed by atoms with E-state index >= 15 is 0 Å². The molecule has 0 aliphatic rings. The number of hydrogen-bond donors (Lipinski definition) is 1. The Morgan fingerprint density at radius 1 is 1.69 bits per heavy atom. The molecule has 1 heterocycles. The maximum atomic E-state index is 11.4. The number of aromatic nitrogens is 1. The molecular formula is C10H12N2O. The lowest BCUT2D eigenvalue weighted by Crippen LogP contribution is -2.01. The third-order valence-corrected chi connectivity index (χ3v) is 1.93. The largest absolute Gasteiger partial charge is 0.356 e. The first-order chi connectivity index (χ1) is 6.19. The van der Waals surface area contributed by atoms with E-state index in [-0.39, 0.29) is 12.2 Å². The molecule has 68 valence electrons. The van der Waals surface area contributed by atoms with Crippen LogP contribution in [0.2, 0.25) is 0 Å². The molecule has 0 aliphatic heterocycles. The van der Waals surface area contributed by atoms with Crippen LogP contribution >= 0.6 is 0 Å². The summed E-state index contributed by atoms with van der Waals surface area (Å²) >= 11 is 0. The van der Waals surface area contributed by atoms with Crippen LogP contribution in [-0.4, -0.2) is 10.8 Å². The van der Waals surface area contributed by atoms with Crippen LogP contribution in [-0.2, 0) is 6.42 Å². The number of ketones is 1. The van der Waals surface area contributed by atoms with Gasteiger partial charge in [0, 0.05) is 5.69 Å². The monoisotopic (exact) mass is 176 g/mol. The van der Waals surface area contributed by atoms with Crippen molar-refractivity contribution in [2.45, 2.75) is 26.7 Å². The minimum atomic E-state index is -0.118. The predicted octanol–water partition coefficient (Wildman–Crippen LogP) is 1.98. The topological polar surface area (TPSA) is 56.6 Å². The smallest absolute Gasteiger partial charge is 0.193 e. The van der Waals surface area contributed by atoms with Crippen LogP contribution < -0.4 is 0 Å². The number of carbonyl (C=O) groups excluding carboxylic acids is 1. The zero-order chi connectivity index (χ0) is 9.84. The van der Waals surface area contributed by atoms with E-state index in [2.05, 4.69) is 4.98 Å². The number of nitrogens with zero attached hydrogens (tertiary/aromatic N) is 1. The number of aromatic amines is 1. The van der Waals surface area contributed by atoms with Gasteiger partial charge in [-0.2, -0.15) is 5.26 Å². The van der Waals surface area contributed by atoms with Crippen molar-refractivity contribution in [3.63, 3.8) is 0 Å². The van der Waals surface area contributed by atoms with Gasteiger partial charge in [-0.3, -0.25) is 4.79 Å². The number of nitrogens with one attached hydrogen (secondary N) is 1. The summed E-state index contributed by atoms with van der Waals surface area (Å²) in [4.78, 5) is 14.4. The second-order valence-electron chi connectivity index (χ2n) is 2.96. The van der Waals surface area contributed by atoms with Crippen LogP contribution in [0.1, 0.15) is 35.1 Å². The van der Waals surface area contributed by atoms with Crippen molar-refractivity contribution in [1.29, 1.82) is 5.26 Å². The lowest BCUT2D eigenvalue weighted by atomic mass is 10.1. The minimum absolute atomic E-state index is 0.0487. The molecular weight excluding hydrogens is 164 g/mol. The summed E-state index contributed by atoms with van der Waals surface area (Å²) < 4.78 is 0. The molecule has 1 N–H and O–H groups in total. The number of carbonyl (C=O) groups is 1. The van der Waals surface area contributed by atoms with Gasteiger partial charge in [0.2, 0.25) is 0 Å². The Morgan fingerprint density at radius 3 is 2.92 bits per heavy atom. The number of Topliss-reactive ketones (excluding diaryl/α,β-unsaturated/α-hetero) is 1. The molecule has 0 atom stereocenters. The standard InChI is InChI=1S/C10H12N2O/c1-3-8-6-7(2)12-10(8)9(13)4-5-11/h6,12H,3-4H2,1-2H3. The summed E-state index contributed by atoms with van der Waals surface area (Å²) in [6.45, 7) is 3.90. The third-order valence-electron chi connectivity index (χ3n) is 1.93. The molecule has 3 nitrogen and oxygen atoms in total. The first kappa shape index (κ1) is 9.53. The number of rotatable bonds is 3. The SMILES string of the molecule is CCc1cc(C)[nH]c1C(=O)CC#N. The first-order valence-electron chi connectivity index (χ1n) is 4.27. The number of aryl methyl sites for hydroxylation is 2. The maximum absolute atomic E-state index is 11.4. The lowest BCUT2D eigenvalue weighted by Gasteiger charge is -1.95. The van der Waals surface area contributed by atoms with Gasteiger partial charge in [0.25, 0.3) is 0 Å². The van der Waals surface area contributed by atoms with E-state index in [0.717, 1.165) is 17.7 Å². The van der Waals surface area contributed by atoms with E-state index < -0.39 is 0 Å². The third kappa shape index (κ3) is 1.97. The molecule has 0 unspecified atom stereocenters. The van der Waals surface area contributed by atoms with Gasteiger partial charge in [-0.05, 0) is 25.0 Å². The van der Waals surface area contributed by atoms with Gasteiger partial charge < -0.3 is 4.98 Å². The zero-order valence-electron chi connectivity index (χ0n) is 7.85. The molecule has 1 rings (SSSR count). The average molecular weight is 176 g/mol.